The Morgan fingerprint density at radius 3 is 2.79 bits per heavy atom. The highest BCUT2D eigenvalue weighted by Crippen LogP contribution is 2.40. The molecule has 106 valence electrons. The number of hydrogen-bond acceptors (Lipinski definition) is 3. The van der Waals surface area contributed by atoms with Crippen LogP contribution in [0.1, 0.15) is 37.8 Å². The lowest BCUT2D eigenvalue weighted by Crippen LogP contribution is -2.45. The number of ether oxygens (including phenoxy) is 2. The normalized spacial score (nSPS) is 25.1. The van der Waals surface area contributed by atoms with Crippen molar-refractivity contribution in [3.8, 4) is 5.75 Å². The van der Waals surface area contributed by atoms with E-state index >= 15 is 0 Å². The highest BCUT2D eigenvalue weighted by atomic mass is 35.5. The van der Waals surface area contributed by atoms with Gasteiger partial charge in [0.15, 0.2) is 0 Å². The molecule has 4 heteroatoms. The quantitative estimate of drug-likeness (QED) is 0.916. The maximum absolute atomic E-state index is 6.14. The SMILES string of the molecule is CNC(c1cc(Cl)ccc1OC)C1(C)CCCCO1. The molecule has 3 nitrogen and oxygen atoms in total. The Morgan fingerprint density at radius 1 is 1.42 bits per heavy atom. The molecule has 1 heterocycles. The molecule has 0 aromatic heterocycles. The summed E-state index contributed by atoms with van der Waals surface area (Å²) in [5.41, 5.74) is 0.840. The summed E-state index contributed by atoms with van der Waals surface area (Å²) >= 11 is 6.14. The smallest absolute Gasteiger partial charge is 0.123 e. The molecular formula is C15H22ClNO2. The van der Waals surface area contributed by atoms with Crippen molar-refractivity contribution >= 4 is 11.6 Å². The minimum atomic E-state index is -0.217. The van der Waals surface area contributed by atoms with Gasteiger partial charge in [0, 0.05) is 17.2 Å². The first-order chi connectivity index (χ1) is 9.10. The molecule has 19 heavy (non-hydrogen) atoms. The van der Waals surface area contributed by atoms with Gasteiger partial charge in [0.2, 0.25) is 0 Å². The molecule has 0 amide bonds. The van der Waals surface area contributed by atoms with Crippen molar-refractivity contribution in [3.05, 3.63) is 28.8 Å². The standard InChI is InChI=1S/C15H22ClNO2/c1-15(8-4-5-9-19-15)14(17-2)12-10-11(16)6-7-13(12)18-3/h6-7,10,14,17H,4-5,8-9H2,1-3H3. The van der Waals surface area contributed by atoms with Crippen molar-refractivity contribution in [2.45, 2.75) is 37.8 Å². The summed E-state index contributed by atoms with van der Waals surface area (Å²) in [6.45, 7) is 2.98. The fourth-order valence-corrected chi connectivity index (χ4v) is 3.08. The highest BCUT2D eigenvalue weighted by molar-refractivity contribution is 6.30. The minimum absolute atomic E-state index is 0.0708. The van der Waals surface area contributed by atoms with Gasteiger partial charge in [-0.2, -0.15) is 0 Å². The molecule has 2 unspecified atom stereocenters. The number of likely N-dealkylation sites (N-methyl/N-ethyl adjacent to an activating group) is 1. The molecule has 1 N–H and O–H groups in total. The minimum Gasteiger partial charge on any atom is -0.496 e. The summed E-state index contributed by atoms with van der Waals surface area (Å²) < 4.78 is 11.5. The maximum atomic E-state index is 6.14. The molecule has 1 fully saturated rings. The van der Waals surface area contributed by atoms with Gasteiger partial charge in [0.05, 0.1) is 18.8 Å². The molecule has 2 rings (SSSR count). The Morgan fingerprint density at radius 2 is 2.21 bits per heavy atom. The van der Waals surface area contributed by atoms with Crippen LogP contribution >= 0.6 is 11.6 Å². The summed E-state index contributed by atoms with van der Waals surface area (Å²) in [5.74, 6) is 0.846. The van der Waals surface area contributed by atoms with E-state index in [9.17, 15) is 0 Å². The topological polar surface area (TPSA) is 30.5 Å². The molecular weight excluding hydrogens is 262 g/mol. The molecule has 1 aromatic carbocycles. The van der Waals surface area contributed by atoms with Crippen molar-refractivity contribution < 1.29 is 9.47 Å². The van der Waals surface area contributed by atoms with Crippen molar-refractivity contribution in [1.82, 2.24) is 5.32 Å². The summed E-state index contributed by atoms with van der Waals surface area (Å²) in [4.78, 5) is 0. The van der Waals surface area contributed by atoms with Gasteiger partial charge in [0.25, 0.3) is 0 Å². The molecule has 1 saturated heterocycles. The average Bonchev–Trinajstić information content (AvgIpc) is 2.40. The van der Waals surface area contributed by atoms with Crippen LogP contribution in [0.15, 0.2) is 18.2 Å². The largest absolute Gasteiger partial charge is 0.496 e. The molecule has 1 aliphatic heterocycles. The van der Waals surface area contributed by atoms with Gasteiger partial charge in [-0.15, -0.1) is 0 Å². The Bertz CT molecular complexity index is 430. The molecule has 0 spiro atoms. The fourth-order valence-electron chi connectivity index (χ4n) is 2.90. The van der Waals surface area contributed by atoms with E-state index in [2.05, 4.69) is 12.2 Å². The number of halogens is 1. The van der Waals surface area contributed by atoms with E-state index in [1.165, 1.54) is 6.42 Å². The lowest BCUT2D eigenvalue weighted by atomic mass is 9.84. The molecule has 0 aliphatic carbocycles. The average molecular weight is 284 g/mol. The number of benzene rings is 1. The van der Waals surface area contributed by atoms with Gasteiger partial charge in [-0.3, -0.25) is 0 Å². The molecule has 0 bridgehead atoms. The molecule has 2 atom stereocenters. The van der Waals surface area contributed by atoms with Crippen molar-refractivity contribution in [2.24, 2.45) is 0 Å². The van der Waals surface area contributed by atoms with Gasteiger partial charge >= 0.3 is 0 Å². The van der Waals surface area contributed by atoms with Crippen LogP contribution in [0.3, 0.4) is 0 Å². The van der Waals surface area contributed by atoms with E-state index in [0.717, 1.165) is 35.8 Å². The molecule has 1 aliphatic rings. The lowest BCUT2D eigenvalue weighted by molar-refractivity contribution is -0.0887. The molecule has 0 radical (unpaired) electrons. The van der Waals surface area contributed by atoms with E-state index in [0.29, 0.717) is 0 Å². The van der Waals surface area contributed by atoms with Gasteiger partial charge in [-0.1, -0.05) is 11.6 Å². The summed E-state index contributed by atoms with van der Waals surface area (Å²) in [5, 5.41) is 4.08. The third-order valence-corrected chi connectivity index (χ3v) is 4.14. The van der Waals surface area contributed by atoms with E-state index < -0.39 is 0 Å². The summed E-state index contributed by atoms with van der Waals surface area (Å²) in [6.07, 6.45) is 3.37. The van der Waals surface area contributed by atoms with E-state index in [1.54, 1.807) is 7.11 Å². The predicted molar refractivity (Wildman–Crippen MR) is 78.0 cm³/mol. The fraction of sp³-hybridized carbons (Fsp3) is 0.600. The Labute approximate surface area is 120 Å². The monoisotopic (exact) mass is 283 g/mol. The van der Waals surface area contributed by atoms with Gasteiger partial charge in [0.1, 0.15) is 5.75 Å². The van der Waals surface area contributed by atoms with E-state index in [4.69, 9.17) is 21.1 Å². The van der Waals surface area contributed by atoms with Crippen LogP contribution in [-0.4, -0.2) is 26.4 Å². The van der Waals surface area contributed by atoms with Crippen LogP contribution in [0.5, 0.6) is 5.75 Å². The van der Waals surface area contributed by atoms with E-state index in [-0.39, 0.29) is 11.6 Å². The number of hydrogen-bond donors (Lipinski definition) is 1. The van der Waals surface area contributed by atoms with Crippen LogP contribution < -0.4 is 10.1 Å². The Kier molecular flexibility index (Phi) is 4.71. The Hall–Kier alpha value is -0.770. The second-order valence-corrected chi connectivity index (χ2v) is 5.66. The highest BCUT2D eigenvalue weighted by Gasteiger charge is 2.38. The zero-order valence-electron chi connectivity index (χ0n) is 11.8. The zero-order valence-corrected chi connectivity index (χ0v) is 12.6. The van der Waals surface area contributed by atoms with Crippen molar-refractivity contribution in [3.63, 3.8) is 0 Å². The third kappa shape index (κ3) is 3.04. The van der Waals surface area contributed by atoms with Crippen LogP contribution in [0.4, 0.5) is 0 Å². The van der Waals surface area contributed by atoms with Gasteiger partial charge in [-0.05, 0) is 51.4 Å². The second kappa shape index (κ2) is 6.12. The third-order valence-electron chi connectivity index (χ3n) is 3.90. The first-order valence-electron chi connectivity index (χ1n) is 6.75. The Balaban J connectivity index is 2.38. The molecule has 1 aromatic rings. The number of methoxy groups -OCH3 is 1. The van der Waals surface area contributed by atoms with Gasteiger partial charge in [-0.25, -0.2) is 0 Å². The summed E-state index contributed by atoms with van der Waals surface area (Å²) in [7, 11) is 3.64. The maximum Gasteiger partial charge on any atom is 0.123 e. The first kappa shape index (κ1) is 14.6. The number of nitrogens with one attached hydrogen (secondary N) is 1. The van der Waals surface area contributed by atoms with Crippen LogP contribution in [0.2, 0.25) is 5.02 Å². The van der Waals surface area contributed by atoms with E-state index in [1.807, 2.05) is 25.2 Å². The zero-order chi connectivity index (χ0) is 13.9. The second-order valence-electron chi connectivity index (χ2n) is 5.23. The number of rotatable bonds is 4. The van der Waals surface area contributed by atoms with Gasteiger partial charge < -0.3 is 14.8 Å². The predicted octanol–water partition coefficient (Wildman–Crippen LogP) is 3.57. The van der Waals surface area contributed by atoms with Crippen LogP contribution in [0, 0.1) is 0 Å². The van der Waals surface area contributed by atoms with Crippen LogP contribution in [0.25, 0.3) is 0 Å². The van der Waals surface area contributed by atoms with Crippen molar-refractivity contribution in [2.75, 3.05) is 20.8 Å². The van der Waals surface area contributed by atoms with Crippen LogP contribution in [-0.2, 0) is 4.74 Å². The first-order valence-corrected chi connectivity index (χ1v) is 7.13. The summed E-state index contributed by atoms with van der Waals surface area (Å²) in [6, 6.07) is 5.79. The molecule has 0 saturated carbocycles. The lowest BCUT2D eigenvalue weighted by Gasteiger charge is -2.41. The van der Waals surface area contributed by atoms with Crippen molar-refractivity contribution in [1.29, 1.82) is 0 Å².